The molecule has 0 spiro atoms. The molecule has 2 fully saturated rings. The second kappa shape index (κ2) is 4.62. The Hall–Kier alpha value is -1.14. The molecule has 0 aliphatic carbocycles. The quantitative estimate of drug-likeness (QED) is 0.599. The van der Waals surface area contributed by atoms with Gasteiger partial charge in [0.1, 0.15) is 11.6 Å². The number of rotatable bonds is 1. The number of hydrogen-bond donors (Lipinski definition) is 2. The van der Waals surface area contributed by atoms with Crippen LogP contribution in [0.25, 0.3) is 0 Å². The van der Waals surface area contributed by atoms with Crippen molar-refractivity contribution in [2.45, 2.75) is 25.5 Å². The number of nitrogens with one attached hydrogen (secondary N) is 2. The van der Waals surface area contributed by atoms with Crippen LogP contribution >= 0.6 is 0 Å². The van der Waals surface area contributed by atoms with Gasteiger partial charge in [-0.05, 0) is 13.8 Å². The highest BCUT2D eigenvalue weighted by molar-refractivity contribution is 5.93. The number of piperazine rings is 1. The van der Waals surface area contributed by atoms with Crippen LogP contribution in [0.5, 0.6) is 0 Å². The Bertz CT molecular complexity index is 324. The van der Waals surface area contributed by atoms with Gasteiger partial charge >= 0.3 is 0 Å². The highest BCUT2D eigenvalue weighted by Crippen LogP contribution is 2.19. The molecule has 0 aromatic carbocycles. The van der Waals surface area contributed by atoms with Gasteiger partial charge in [0, 0.05) is 26.2 Å². The van der Waals surface area contributed by atoms with E-state index in [1.807, 2.05) is 0 Å². The van der Waals surface area contributed by atoms with Crippen molar-refractivity contribution in [3.63, 3.8) is 0 Å². The molecule has 2 N–H and O–H groups in total. The Kier molecular flexibility index (Phi) is 3.35. The Morgan fingerprint density at radius 2 is 2.24 bits per heavy atom. The summed E-state index contributed by atoms with van der Waals surface area (Å²) < 4.78 is 5.44. The van der Waals surface area contributed by atoms with Gasteiger partial charge in [0.25, 0.3) is 5.91 Å². The largest absolute Gasteiger partial charge is 0.366 e. The second-order valence-corrected chi connectivity index (χ2v) is 4.87. The number of carbonyl (C=O) groups is 2. The van der Waals surface area contributed by atoms with Crippen molar-refractivity contribution in [1.29, 1.82) is 0 Å². The van der Waals surface area contributed by atoms with Crippen molar-refractivity contribution in [3.05, 3.63) is 0 Å². The Morgan fingerprint density at radius 3 is 2.88 bits per heavy atom. The van der Waals surface area contributed by atoms with Crippen molar-refractivity contribution in [3.8, 4) is 0 Å². The van der Waals surface area contributed by atoms with E-state index in [1.54, 1.807) is 18.7 Å². The predicted octanol–water partition coefficient (Wildman–Crippen LogP) is -1.29. The van der Waals surface area contributed by atoms with E-state index in [0.717, 1.165) is 6.54 Å². The fourth-order valence-electron chi connectivity index (χ4n) is 2.18. The molecule has 0 unspecified atom stereocenters. The number of amides is 2. The van der Waals surface area contributed by atoms with E-state index in [4.69, 9.17) is 4.74 Å². The van der Waals surface area contributed by atoms with Crippen molar-refractivity contribution >= 4 is 11.8 Å². The van der Waals surface area contributed by atoms with Gasteiger partial charge < -0.3 is 20.3 Å². The number of ether oxygens (including phenoxy) is 1. The minimum Gasteiger partial charge on any atom is -0.366 e. The first-order chi connectivity index (χ1) is 8.03. The maximum Gasteiger partial charge on any atom is 0.253 e. The highest BCUT2D eigenvalue weighted by Gasteiger charge is 2.42. The van der Waals surface area contributed by atoms with E-state index in [2.05, 4.69) is 10.6 Å². The summed E-state index contributed by atoms with van der Waals surface area (Å²) in [7, 11) is 0. The number of hydrogen-bond acceptors (Lipinski definition) is 4. The summed E-state index contributed by atoms with van der Waals surface area (Å²) in [6, 6.07) is 0. The Balaban J connectivity index is 2.09. The molecule has 0 radical (unpaired) electrons. The molecule has 96 valence electrons. The molecular weight excluding hydrogens is 222 g/mol. The Labute approximate surface area is 101 Å². The van der Waals surface area contributed by atoms with Gasteiger partial charge in [-0.25, -0.2) is 0 Å². The minimum atomic E-state index is -0.795. The van der Waals surface area contributed by atoms with Gasteiger partial charge in [0.2, 0.25) is 5.91 Å². The van der Waals surface area contributed by atoms with E-state index in [1.165, 1.54) is 0 Å². The first-order valence-electron chi connectivity index (χ1n) is 5.95. The van der Waals surface area contributed by atoms with Gasteiger partial charge in [-0.3, -0.25) is 9.59 Å². The molecule has 0 aromatic heterocycles. The maximum atomic E-state index is 12.3. The normalized spacial score (nSPS) is 28.7. The van der Waals surface area contributed by atoms with Crippen LogP contribution in [0, 0.1) is 0 Å². The molecule has 2 amide bonds. The lowest BCUT2D eigenvalue weighted by Crippen LogP contribution is -2.66. The van der Waals surface area contributed by atoms with Crippen LogP contribution in [0.3, 0.4) is 0 Å². The van der Waals surface area contributed by atoms with E-state index in [9.17, 15) is 9.59 Å². The molecule has 0 aromatic rings. The molecule has 0 saturated carbocycles. The Morgan fingerprint density at radius 1 is 1.47 bits per heavy atom. The molecule has 6 heteroatoms. The van der Waals surface area contributed by atoms with E-state index in [0.29, 0.717) is 26.2 Å². The predicted molar refractivity (Wildman–Crippen MR) is 61.4 cm³/mol. The zero-order valence-electron chi connectivity index (χ0n) is 10.3. The number of nitrogens with zero attached hydrogens (tertiary/aromatic N) is 1. The lowest BCUT2D eigenvalue weighted by molar-refractivity contribution is -0.158. The maximum absolute atomic E-state index is 12.3. The zero-order chi connectivity index (χ0) is 12.5. The minimum absolute atomic E-state index is 0.1000. The lowest BCUT2D eigenvalue weighted by atomic mass is 9.98. The fraction of sp³-hybridized carbons (Fsp3) is 0.818. The van der Waals surface area contributed by atoms with Gasteiger partial charge in [0.05, 0.1) is 6.61 Å². The number of carbonyl (C=O) groups excluding carboxylic acids is 2. The summed E-state index contributed by atoms with van der Waals surface area (Å²) in [5.41, 5.74) is -0.795. The van der Waals surface area contributed by atoms with Crippen LogP contribution in [-0.4, -0.2) is 61.1 Å². The topological polar surface area (TPSA) is 70.7 Å². The monoisotopic (exact) mass is 241 g/mol. The molecule has 1 atom stereocenters. The molecule has 2 aliphatic rings. The standard InChI is InChI=1S/C11H19N3O3/c1-11(2)10(16)13-3-5-14(11)9(15)8-7-12-4-6-17-8/h8,12H,3-7H2,1-2H3,(H,13,16)/t8-/m1/s1. The molecule has 2 saturated heterocycles. The molecule has 17 heavy (non-hydrogen) atoms. The van der Waals surface area contributed by atoms with E-state index in [-0.39, 0.29) is 11.8 Å². The van der Waals surface area contributed by atoms with Crippen LogP contribution in [0.4, 0.5) is 0 Å². The molecule has 2 rings (SSSR count). The van der Waals surface area contributed by atoms with Crippen LogP contribution in [0.2, 0.25) is 0 Å². The average Bonchev–Trinajstić information content (AvgIpc) is 2.33. The summed E-state index contributed by atoms with van der Waals surface area (Å²) in [6.45, 7) is 6.40. The molecular formula is C11H19N3O3. The molecule has 2 aliphatic heterocycles. The van der Waals surface area contributed by atoms with Gasteiger partial charge in [-0.2, -0.15) is 0 Å². The van der Waals surface area contributed by atoms with E-state index >= 15 is 0 Å². The van der Waals surface area contributed by atoms with Crippen LogP contribution in [-0.2, 0) is 14.3 Å². The van der Waals surface area contributed by atoms with Crippen LogP contribution in [0.1, 0.15) is 13.8 Å². The van der Waals surface area contributed by atoms with Crippen molar-refractivity contribution in [1.82, 2.24) is 15.5 Å². The second-order valence-electron chi connectivity index (χ2n) is 4.87. The van der Waals surface area contributed by atoms with Crippen LogP contribution in [0.15, 0.2) is 0 Å². The van der Waals surface area contributed by atoms with Gasteiger partial charge in [0.15, 0.2) is 0 Å². The zero-order valence-corrected chi connectivity index (χ0v) is 10.3. The van der Waals surface area contributed by atoms with Crippen molar-refractivity contribution in [2.75, 3.05) is 32.8 Å². The molecule has 6 nitrogen and oxygen atoms in total. The van der Waals surface area contributed by atoms with E-state index < -0.39 is 11.6 Å². The summed E-state index contributed by atoms with van der Waals surface area (Å²) in [4.78, 5) is 25.7. The third-order valence-electron chi connectivity index (χ3n) is 3.32. The van der Waals surface area contributed by atoms with Gasteiger partial charge in [-0.1, -0.05) is 0 Å². The summed E-state index contributed by atoms with van der Waals surface area (Å²) >= 11 is 0. The summed E-state index contributed by atoms with van der Waals surface area (Å²) in [5, 5.41) is 5.89. The highest BCUT2D eigenvalue weighted by atomic mass is 16.5. The van der Waals surface area contributed by atoms with Gasteiger partial charge in [-0.15, -0.1) is 0 Å². The smallest absolute Gasteiger partial charge is 0.253 e. The van der Waals surface area contributed by atoms with Crippen molar-refractivity contribution < 1.29 is 14.3 Å². The molecule has 2 heterocycles. The first-order valence-corrected chi connectivity index (χ1v) is 5.95. The fourth-order valence-corrected chi connectivity index (χ4v) is 2.18. The lowest BCUT2D eigenvalue weighted by Gasteiger charge is -2.43. The van der Waals surface area contributed by atoms with Crippen molar-refractivity contribution in [2.24, 2.45) is 0 Å². The SMILES string of the molecule is CC1(C)C(=O)NCCN1C(=O)[C@H]1CNCCO1. The molecule has 0 bridgehead atoms. The summed E-state index contributed by atoms with van der Waals surface area (Å²) in [6.07, 6.45) is -0.464. The third kappa shape index (κ3) is 2.28. The average molecular weight is 241 g/mol. The van der Waals surface area contributed by atoms with Crippen LogP contribution < -0.4 is 10.6 Å². The first kappa shape index (κ1) is 12.3. The number of morpholine rings is 1. The third-order valence-corrected chi connectivity index (χ3v) is 3.32. The summed E-state index contributed by atoms with van der Waals surface area (Å²) in [5.74, 6) is -0.210.